The molecule has 0 radical (unpaired) electrons. The minimum atomic E-state index is -0.182. The summed E-state index contributed by atoms with van der Waals surface area (Å²) in [5.41, 5.74) is 1.06. The van der Waals surface area contributed by atoms with Crippen molar-refractivity contribution in [2.24, 2.45) is 0 Å². The van der Waals surface area contributed by atoms with E-state index in [0.717, 1.165) is 0 Å². The van der Waals surface area contributed by atoms with Crippen LogP contribution in [0, 0.1) is 13.8 Å². The molecule has 2 aromatic heterocycles. The van der Waals surface area contributed by atoms with E-state index < -0.39 is 0 Å². The molecule has 27 heavy (non-hydrogen) atoms. The number of nitrogens with zero attached hydrogens (tertiary/aromatic N) is 6. The van der Waals surface area contributed by atoms with Crippen molar-refractivity contribution in [1.82, 2.24) is 24.4 Å². The van der Waals surface area contributed by atoms with Crippen LogP contribution < -0.4 is 15.2 Å². The number of anilines is 1. The number of hydrogen-bond donors (Lipinski definition) is 0. The van der Waals surface area contributed by atoms with Crippen molar-refractivity contribution in [2.75, 3.05) is 32.1 Å². The lowest BCUT2D eigenvalue weighted by Crippen LogP contribution is -2.37. The van der Waals surface area contributed by atoms with E-state index in [0.29, 0.717) is 42.5 Å². The van der Waals surface area contributed by atoms with Crippen LogP contribution in [0.5, 0.6) is 5.88 Å². The zero-order chi connectivity index (χ0) is 19.6. The lowest BCUT2D eigenvalue weighted by atomic mass is 10.3. The third-order valence-electron chi connectivity index (χ3n) is 4.66. The maximum Gasteiger partial charge on any atom is 0.256 e. The second kappa shape index (κ2) is 7.73. The summed E-state index contributed by atoms with van der Waals surface area (Å²) >= 11 is 0. The fraction of sp³-hybridized carbons (Fsp3) is 0.500. The second-order valence-corrected chi connectivity index (χ2v) is 6.87. The maximum absolute atomic E-state index is 12.6. The van der Waals surface area contributed by atoms with Gasteiger partial charge in [0.05, 0.1) is 25.3 Å². The first kappa shape index (κ1) is 18.8. The van der Waals surface area contributed by atoms with E-state index in [1.807, 2.05) is 19.0 Å². The largest absolute Gasteiger partial charge is 0.471 e. The Kier molecular flexibility index (Phi) is 5.38. The monoisotopic (exact) mass is 372 g/mol. The molecule has 9 nitrogen and oxygen atoms in total. The van der Waals surface area contributed by atoms with E-state index in [1.165, 1.54) is 10.9 Å². The summed E-state index contributed by atoms with van der Waals surface area (Å²) in [5, 5.41) is 0. The van der Waals surface area contributed by atoms with Gasteiger partial charge < -0.3 is 14.5 Å². The second-order valence-electron chi connectivity index (χ2n) is 6.87. The Morgan fingerprint density at radius 2 is 2.11 bits per heavy atom. The Hall–Kier alpha value is -2.97. The average Bonchev–Trinajstić information content (AvgIpc) is 3.11. The van der Waals surface area contributed by atoms with E-state index in [-0.39, 0.29) is 24.1 Å². The molecule has 0 spiro atoms. The molecule has 3 heterocycles. The summed E-state index contributed by atoms with van der Waals surface area (Å²) in [6, 6.07) is 0. The van der Waals surface area contributed by atoms with Crippen molar-refractivity contribution < 1.29 is 9.53 Å². The highest BCUT2D eigenvalue weighted by atomic mass is 16.5. The number of ether oxygens (including phenoxy) is 1. The van der Waals surface area contributed by atoms with Gasteiger partial charge in [0.2, 0.25) is 11.8 Å². The first-order valence-electron chi connectivity index (χ1n) is 8.81. The SMILES string of the molecule is Cc1ncn(CC(=O)N2CCC(Oc3cncc(N(C)C)n3)C2)c(=O)c1C. The zero-order valence-corrected chi connectivity index (χ0v) is 16.0. The van der Waals surface area contributed by atoms with E-state index >= 15 is 0 Å². The molecule has 9 heteroatoms. The Morgan fingerprint density at radius 1 is 1.33 bits per heavy atom. The Balaban J connectivity index is 1.61. The summed E-state index contributed by atoms with van der Waals surface area (Å²) in [5.74, 6) is 1.02. The fourth-order valence-corrected chi connectivity index (χ4v) is 2.87. The standard InChI is InChI=1S/C18H24N6O3/c1-12-13(2)20-11-24(18(12)26)10-17(25)23-6-5-14(9-23)27-16-8-19-7-15(21-16)22(3)4/h7-8,11,14H,5-6,9-10H2,1-4H3. The molecule has 0 aromatic carbocycles. The van der Waals surface area contributed by atoms with Crippen molar-refractivity contribution in [3.8, 4) is 5.88 Å². The Bertz CT molecular complexity index is 895. The van der Waals surface area contributed by atoms with E-state index in [9.17, 15) is 9.59 Å². The molecule has 3 rings (SSSR count). The van der Waals surface area contributed by atoms with Crippen LogP contribution in [0.25, 0.3) is 0 Å². The molecule has 1 aliphatic rings. The maximum atomic E-state index is 12.6. The molecule has 0 N–H and O–H groups in total. The van der Waals surface area contributed by atoms with Crippen molar-refractivity contribution >= 4 is 11.7 Å². The normalized spacial score (nSPS) is 16.4. The lowest BCUT2D eigenvalue weighted by Gasteiger charge is -2.18. The Labute approximate surface area is 157 Å². The summed E-state index contributed by atoms with van der Waals surface area (Å²) in [6.07, 6.45) is 5.22. The summed E-state index contributed by atoms with van der Waals surface area (Å²) in [6.45, 7) is 4.51. The van der Waals surface area contributed by atoms with Crippen LogP contribution in [0.4, 0.5) is 5.82 Å². The first-order chi connectivity index (χ1) is 12.8. The zero-order valence-electron chi connectivity index (χ0n) is 16.0. The quantitative estimate of drug-likeness (QED) is 0.750. The number of hydrogen-bond acceptors (Lipinski definition) is 7. The third-order valence-corrected chi connectivity index (χ3v) is 4.66. The molecule has 0 aliphatic carbocycles. The minimum absolute atomic E-state index is 0.0183. The average molecular weight is 372 g/mol. The van der Waals surface area contributed by atoms with Crippen molar-refractivity contribution in [2.45, 2.75) is 32.9 Å². The van der Waals surface area contributed by atoms with Crippen molar-refractivity contribution in [3.05, 3.63) is 40.3 Å². The van der Waals surface area contributed by atoms with Gasteiger partial charge in [0.25, 0.3) is 5.56 Å². The van der Waals surface area contributed by atoms with Crippen LogP contribution in [0.3, 0.4) is 0 Å². The molecule has 0 bridgehead atoms. The number of carbonyl (C=O) groups is 1. The van der Waals surface area contributed by atoms with Gasteiger partial charge in [-0.05, 0) is 13.8 Å². The van der Waals surface area contributed by atoms with E-state index in [2.05, 4.69) is 15.0 Å². The minimum Gasteiger partial charge on any atom is -0.471 e. The predicted molar refractivity (Wildman–Crippen MR) is 99.9 cm³/mol. The topological polar surface area (TPSA) is 93.4 Å². The van der Waals surface area contributed by atoms with Crippen LogP contribution in [0.2, 0.25) is 0 Å². The Morgan fingerprint density at radius 3 is 2.85 bits per heavy atom. The van der Waals surface area contributed by atoms with Gasteiger partial charge in [-0.2, -0.15) is 4.98 Å². The van der Waals surface area contributed by atoms with Gasteiger partial charge in [-0.1, -0.05) is 0 Å². The summed E-state index contributed by atoms with van der Waals surface area (Å²) in [7, 11) is 3.76. The third kappa shape index (κ3) is 4.24. The molecule has 1 aliphatic heterocycles. The highest BCUT2D eigenvalue weighted by Crippen LogP contribution is 2.18. The smallest absolute Gasteiger partial charge is 0.256 e. The van der Waals surface area contributed by atoms with Gasteiger partial charge in [-0.25, -0.2) is 4.98 Å². The molecule has 1 atom stereocenters. The fourth-order valence-electron chi connectivity index (χ4n) is 2.87. The summed E-state index contributed by atoms with van der Waals surface area (Å²) < 4.78 is 7.23. The van der Waals surface area contributed by atoms with Gasteiger partial charge in [-0.3, -0.25) is 19.1 Å². The molecular formula is C18H24N6O3. The molecule has 1 saturated heterocycles. The molecule has 144 valence electrons. The van der Waals surface area contributed by atoms with Gasteiger partial charge in [0, 0.05) is 38.3 Å². The number of aryl methyl sites for hydroxylation is 1. The van der Waals surface area contributed by atoms with E-state index in [1.54, 1.807) is 31.1 Å². The van der Waals surface area contributed by atoms with Crippen LogP contribution in [-0.4, -0.2) is 63.6 Å². The number of rotatable bonds is 5. The summed E-state index contributed by atoms with van der Waals surface area (Å²) in [4.78, 5) is 41.0. The number of carbonyl (C=O) groups excluding carboxylic acids is 1. The highest BCUT2D eigenvalue weighted by Gasteiger charge is 2.28. The van der Waals surface area contributed by atoms with E-state index in [4.69, 9.17) is 4.74 Å². The molecule has 1 unspecified atom stereocenters. The van der Waals surface area contributed by atoms with Crippen LogP contribution in [0.1, 0.15) is 17.7 Å². The van der Waals surface area contributed by atoms with Gasteiger partial charge in [0.15, 0.2) is 5.82 Å². The molecule has 1 fully saturated rings. The van der Waals surface area contributed by atoms with Crippen LogP contribution >= 0.6 is 0 Å². The molecular weight excluding hydrogens is 348 g/mol. The van der Waals surface area contributed by atoms with Gasteiger partial charge in [0.1, 0.15) is 12.6 Å². The molecule has 2 aromatic rings. The van der Waals surface area contributed by atoms with Crippen molar-refractivity contribution in [3.63, 3.8) is 0 Å². The number of aromatic nitrogens is 4. The molecule has 0 saturated carbocycles. The lowest BCUT2D eigenvalue weighted by molar-refractivity contribution is -0.131. The highest BCUT2D eigenvalue weighted by molar-refractivity contribution is 5.76. The predicted octanol–water partition coefficient (Wildman–Crippen LogP) is 0.396. The van der Waals surface area contributed by atoms with Crippen molar-refractivity contribution in [1.29, 1.82) is 0 Å². The van der Waals surface area contributed by atoms with Gasteiger partial charge in [-0.15, -0.1) is 0 Å². The van der Waals surface area contributed by atoms with Crippen LogP contribution in [0.15, 0.2) is 23.5 Å². The number of likely N-dealkylation sites (tertiary alicyclic amines) is 1. The molecule has 1 amide bonds. The number of amides is 1. The first-order valence-corrected chi connectivity index (χ1v) is 8.81. The van der Waals surface area contributed by atoms with Crippen LogP contribution in [-0.2, 0) is 11.3 Å². The van der Waals surface area contributed by atoms with Gasteiger partial charge >= 0.3 is 0 Å².